The lowest BCUT2D eigenvalue weighted by molar-refractivity contribution is -0.882. The van der Waals surface area contributed by atoms with Gasteiger partial charge in [-0.05, 0) is 32.6 Å². The summed E-state index contributed by atoms with van der Waals surface area (Å²) in [5, 5.41) is 10.1. The van der Waals surface area contributed by atoms with Gasteiger partial charge in [0.2, 0.25) is 5.84 Å². The minimum atomic E-state index is -0.330. The van der Waals surface area contributed by atoms with Crippen molar-refractivity contribution in [3.63, 3.8) is 0 Å². The third-order valence-electron chi connectivity index (χ3n) is 5.50. The van der Waals surface area contributed by atoms with Crippen LogP contribution < -0.4 is 0 Å². The molecule has 1 heterocycles. The molecule has 0 fully saturated rings. The minimum absolute atomic E-state index is 0.330. The molecule has 1 rings (SSSR count). The van der Waals surface area contributed by atoms with Crippen LogP contribution in [0.2, 0.25) is 0 Å². The Morgan fingerprint density at radius 2 is 1.62 bits per heavy atom. The van der Waals surface area contributed by atoms with Crippen molar-refractivity contribution >= 4 is 5.84 Å². The van der Waals surface area contributed by atoms with E-state index >= 15 is 0 Å². The lowest BCUT2D eigenvalue weighted by atomic mass is 10.1. The van der Waals surface area contributed by atoms with E-state index in [4.69, 9.17) is 0 Å². The molecule has 0 spiro atoms. The zero-order chi connectivity index (χ0) is 17.7. The number of amidine groups is 1. The lowest BCUT2D eigenvalue weighted by Crippen LogP contribution is -2.56. The maximum atomic E-state index is 10.1. The first-order chi connectivity index (χ1) is 11.7. The van der Waals surface area contributed by atoms with E-state index in [2.05, 4.69) is 31.0 Å². The van der Waals surface area contributed by atoms with E-state index in [1.165, 1.54) is 57.2 Å². The number of nitrogens with zero attached hydrogens (tertiary/aromatic N) is 2. The number of unbranched alkanes of at least 4 members (excludes halogenated alkanes) is 8. The van der Waals surface area contributed by atoms with Crippen LogP contribution in [0.1, 0.15) is 91.4 Å². The molecule has 0 saturated heterocycles. The van der Waals surface area contributed by atoms with Crippen LogP contribution >= 0.6 is 0 Å². The van der Waals surface area contributed by atoms with Gasteiger partial charge in [-0.25, -0.2) is 4.99 Å². The standard InChI is InChI=1S/C21H41N2O/c1-4-6-7-8-9-10-11-12-13-14-15-16-17-21-22-18-19-23(21,5-2)20(3)24/h13-14,20,24H,4-12,15-19H2,1-3H3/q+1/b14-13+. The Kier molecular flexibility index (Phi) is 11.3. The third kappa shape index (κ3) is 7.06. The summed E-state index contributed by atoms with van der Waals surface area (Å²) in [6.45, 7) is 9.14. The molecule has 0 aromatic rings. The van der Waals surface area contributed by atoms with Crippen LogP contribution in [0.4, 0.5) is 0 Å². The number of quaternary nitrogens is 1. The van der Waals surface area contributed by atoms with E-state index in [-0.39, 0.29) is 6.23 Å². The molecule has 0 saturated carbocycles. The van der Waals surface area contributed by atoms with Gasteiger partial charge in [0.05, 0.1) is 13.1 Å². The maximum absolute atomic E-state index is 10.1. The predicted molar refractivity (Wildman–Crippen MR) is 105 cm³/mol. The highest BCUT2D eigenvalue weighted by Crippen LogP contribution is 2.22. The summed E-state index contributed by atoms with van der Waals surface area (Å²) >= 11 is 0. The Morgan fingerprint density at radius 1 is 1.00 bits per heavy atom. The fourth-order valence-electron chi connectivity index (χ4n) is 3.77. The third-order valence-corrected chi connectivity index (χ3v) is 5.50. The van der Waals surface area contributed by atoms with E-state index in [1.54, 1.807) is 0 Å². The summed E-state index contributed by atoms with van der Waals surface area (Å²) in [6.07, 6.45) is 18.6. The molecule has 3 heteroatoms. The fraction of sp³-hybridized carbons (Fsp3) is 0.857. The zero-order valence-electron chi connectivity index (χ0n) is 16.5. The minimum Gasteiger partial charge on any atom is -0.345 e. The molecule has 140 valence electrons. The number of likely N-dealkylation sites (N-methyl/N-ethyl adjacent to an activating group) is 1. The molecule has 0 amide bonds. The van der Waals surface area contributed by atoms with Gasteiger partial charge in [0.1, 0.15) is 6.54 Å². The number of aliphatic imine (C=N–C) groups is 1. The Hall–Kier alpha value is -0.670. The summed E-state index contributed by atoms with van der Waals surface area (Å²) < 4.78 is 0.696. The maximum Gasteiger partial charge on any atom is 0.200 e. The van der Waals surface area contributed by atoms with Crippen LogP contribution in [0.25, 0.3) is 0 Å². The van der Waals surface area contributed by atoms with E-state index in [0.717, 1.165) is 38.9 Å². The van der Waals surface area contributed by atoms with Crippen molar-refractivity contribution < 1.29 is 9.59 Å². The largest absolute Gasteiger partial charge is 0.345 e. The predicted octanol–water partition coefficient (Wildman–Crippen LogP) is 5.44. The average molecular weight is 338 g/mol. The molecule has 2 unspecified atom stereocenters. The summed E-state index contributed by atoms with van der Waals surface area (Å²) in [5.41, 5.74) is 0. The van der Waals surface area contributed by atoms with Gasteiger partial charge >= 0.3 is 0 Å². The van der Waals surface area contributed by atoms with Crippen LogP contribution in [-0.2, 0) is 0 Å². The number of hydrogen-bond acceptors (Lipinski definition) is 2. The van der Waals surface area contributed by atoms with Gasteiger partial charge in [0, 0.05) is 13.3 Å². The van der Waals surface area contributed by atoms with Crippen molar-refractivity contribution in [2.45, 2.75) is 97.6 Å². The van der Waals surface area contributed by atoms with Gasteiger partial charge in [-0.3, -0.25) is 4.48 Å². The summed E-state index contributed by atoms with van der Waals surface area (Å²) in [4.78, 5) is 4.68. The first kappa shape index (κ1) is 21.4. The summed E-state index contributed by atoms with van der Waals surface area (Å²) in [7, 11) is 0. The Labute approximate surface area is 150 Å². The smallest absolute Gasteiger partial charge is 0.200 e. The highest BCUT2D eigenvalue weighted by Gasteiger charge is 2.40. The highest BCUT2D eigenvalue weighted by atomic mass is 16.3. The molecule has 1 aliphatic heterocycles. The number of rotatable bonds is 14. The van der Waals surface area contributed by atoms with Crippen LogP contribution in [0.5, 0.6) is 0 Å². The van der Waals surface area contributed by atoms with E-state index in [1.807, 2.05) is 6.92 Å². The van der Waals surface area contributed by atoms with Crippen LogP contribution in [0.15, 0.2) is 17.1 Å². The lowest BCUT2D eigenvalue weighted by Gasteiger charge is -2.36. The summed E-state index contributed by atoms with van der Waals surface area (Å²) in [5.74, 6) is 1.22. The van der Waals surface area contributed by atoms with Gasteiger partial charge in [0.15, 0.2) is 6.23 Å². The molecular weight excluding hydrogens is 296 g/mol. The molecule has 2 atom stereocenters. The fourth-order valence-corrected chi connectivity index (χ4v) is 3.77. The molecule has 3 nitrogen and oxygen atoms in total. The van der Waals surface area contributed by atoms with E-state index in [0.29, 0.717) is 4.48 Å². The molecule has 0 bridgehead atoms. The van der Waals surface area contributed by atoms with Crippen molar-refractivity contribution in [2.75, 3.05) is 19.6 Å². The second kappa shape index (κ2) is 12.7. The van der Waals surface area contributed by atoms with Gasteiger partial charge < -0.3 is 5.11 Å². The summed E-state index contributed by atoms with van der Waals surface area (Å²) in [6, 6.07) is 0. The quantitative estimate of drug-likeness (QED) is 0.255. The number of hydrogen-bond donors (Lipinski definition) is 1. The first-order valence-electron chi connectivity index (χ1n) is 10.4. The normalized spacial score (nSPS) is 22.2. The molecule has 0 aromatic carbocycles. The van der Waals surface area contributed by atoms with Gasteiger partial charge in [-0.15, -0.1) is 0 Å². The topological polar surface area (TPSA) is 32.6 Å². The molecule has 0 aliphatic carbocycles. The second-order valence-corrected chi connectivity index (χ2v) is 7.28. The second-order valence-electron chi connectivity index (χ2n) is 7.28. The molecule has 1 aliphatic rings. The number of aliphatic hydroxyl groups is 1. The van der Waals surface area contributed by atoms with E-state index in [9.17, 15) is 5.11 Å². The monoisotopic (exact) mass is 337 g/mol. The van der Waals surface area contributed by atoms with E-state index < -0.39 is 0 Å². The van der Waals surface area contributed by atoms with Crippen LogP contribution in [-0.4, -0.2) is 41.3 Å². The Bertz CT molecular complexity index is 376. The molecule has 0 radical (unpaired) electrons. The van der Waals surface area contributed by atoms with Crippen molar-refractivity contribution in [1.29, 1.82) is 0 Å². The number of allylic oxidation sites excluding steroid dienone is 2. The van der Waals surface area contributed by atoms with Crippen molar-refractivity contribution in [1.82, 2.24) is 0 Å². The SMILES string of the molecule is CCCCCCCCC/C=C/CCCC1=NCC[N+]1(CC)C(C)O. The first-order valence-corrected chi connectivity index (χ1v) is 10.4. The van der Waals surface area contributed by atoms with Crippen molar-refractivity contribution in [3.8, 4) is 0 Å². The number of aliphatic hydroxyl groups excluding tert-OH is 1. The van der Waals surface area contributed by atoms with Gasteiger partial charge in [-0.1, -0.05) is 57.6 Å². The molecule has 0 aromatic heterocycles. The van der Waals surface area contributed by atoms with Crippen LogP contribution in [0.3, 0.4) is 0 Å². The zero-order valence-corrected chi connectivity index (χ0v) is 16.5. The Balaban J connectivity index is 2.07. The van der Waals surface area contributed by atoms with Crippen molar-refractivity contribution in [2.24, 2.45) is 4.99 Å². The van der Waals surface area contributed by atoms with Gasteiger partial charge in [0.25, 0.3) is 0 Å². The molecule has 1 N–H and O–H groups in total. The average Bonchev–Trinajstić information content (AvgIpc) is 3.00. The van der Waals surface area contributed by atoms with Crippen molar-refractivity contribution in [3.05, 3.63) is 12.2 Å². The molecular formula is C21H41N2O+. The highest BCUT2D eigenvalue weighted by molar-refractivity contribution is 5.76. The van der Waals surface area contributed by atoms with Gasteiger partial charge in [-0.2, -0.15) is 0 Å². The molecule has 24 heavy (non-hydrogen) atoms. The Morgan fingerprint density at radius 3 is 2.25 bits per heavy atom. The van der Waals surface area contributed by atoms with Crippen LogP contribution in [0, 0.1) is 0 Å².